The zero-order valence-electron chi connectivity index (χ0n) is 41.3. The highest BCUT2D eigenvalue weighted by Gasteiger charge is 2.54. The minimum absolute atomic E-state index is 0.00943. The molecule has 2 amide bonds. The molecule has 1 aromatic heterocycles. The van der Waals surface area contributed by atoms with E-state index in [2.05, 4.69) is 47.0 Å². The first kappa shape index (κ1) is 50.5. The van der Waals surface area contributed by atoms with Crippen LogP contribution in [0.5, 0.6) is 0 Å². The van der Waals surface area contributed by atoms with E-state index >= 15 is 4.79 Å². The minimum Gasteiger partial charge on any atom is -0.448 e. The van der Waals surface area contributed by atoms with Crippen LogP contribution in [-0.2, 0) is 35.1 Å². The third kappa shape index (κ3) is 9.81. The van der Waals surface area contributed by atoms with Crippen molar-refractivity contribution in [3.05, 3.63) is 308 Å². The molecule has 0 spiro atoms. The molecule has 1 fully saturated rings. The van der Waals surface area contributed by atoms with E-state index in [0.29, 0.717) is 11.6 Å². The number of benzene rings is 8. The Morgan fingerprint density at radius 2 is 1.00 bits per heavy atom. The zero-order valence-corrected chi connectivity index (χ0v) is 43.6. The van der Waals surface area contributed by atoms with Gasteiger partial charge in [0.15, 0.2) is 16.9 Å². The number of hydrogen-bond acceptors (Lipinski definition) is 9. The zero-order chi connectivity index (χ0) is 52.8. The summed E-state index contributed by atoms with van der Waals surface area (Å²) in [6, 6.07) is 76.0. The highest BCUT2D eigenvalue weighted by atomic mass is 35.5. The van der Waals surface area contributed by atoms with E-state index < -0.39 is 47.1 Å². The van der Waals surface area contributed by atoms with Gasteiger partial charge in [-0.3, -0.25) is 14.5 Å². The van der Waals surface area contributed by atoms with Crippen molar-refractivity contribution in [2.45, 2.75) is 42.2 Å². The van der Waals surface area contributed by atoms with Crippen molar-refractivity contribution in [2.24, 2.45) is 5.16 Å². The van der Waals surface area contributed by atoms with Gasteiger partial charge < -0.3 is 20.2 Å². The molecule has 2 N–H and O–H groups in total. The van der Waals surface area contributed by atoms with Crippen molar-refractivity contribution in [1.29, 1.82) is 0 Å². The molecule has 2 aliphatic rings. The smallest absolute Gasteiger partial charge is 0.357 e. The Bertz CT molecular complexity index is 3340. The average Bonchev–Trinajstić information content (AvgIpc) is 3.90. The number of allylic oxidation sites excluding steroid dienone is 1. The largest absolute Gasteiger partial charge is 0.448 e. The van der Waals surface area contributed by atoms with Crippen molar-refractivity contribution < 1.29 is 24.0 Å². The van der Waals surface area contributed by atoms with Crippen molar-refractivity contribution in [1.82, 2.24) is 15.2 Å². The first-order chi connectivity index (χ1) is 37.8. The number of carbonyl (C=O) groups excluding carboxylic acids is 3. The number of carbonyl (C=O) groups is 3. The quantitative estimate of drug-likeness (QED) is 0.0306. The van der Waals surface area contributed by atoms with E-state index in [-0.39, 0.29) is 32.9 Å². The number of amides is 2. The molecule has 9 aromatic rings. The van der Waals surface area contributed by atoms with E-state index in [1.165, 1.54) is 4.90 Å². The van der Waals surface area contributed by atoms with Gasteiger partial charge in [-0.25, -0.2) is 9.78 Å². The fraction of sp³-hybridized carbons (Fsp3) is 0.109. The van der Waals surface area contributed by atoms with E-state index in [9.17, 15) is 9.59 Å². The van der Waals surface area contributed by atoms with Crippen LogP contribution in [0.1, 0.15) is 69.1 Å². The van der Waals surface area contributed by atoms with Crippen LogP contribution in [0.4, 0.5) is 5.13 Å². The predicted octanol–water partition coefficient (Wildman–Crippen LogP) is 13.2. The second kappa shape index (κ2) is 22.3. The molecule has 2 unspecified atom stereocenters. The van der Waals surface area contributed by atoms with Gasteiger partial charge in [-0.2, -0.15) is 0 Å². The number of hydrogen-bond donors (Lipinski definition) is 2. The molecule has 8 aromatic carbocycles. The molecule has 77 heavy (non-hydrogen) atoms. The predicted molar refractivity (Wildman–Crippen MR) is 302 cm³/mol. The Kier molecular flexibility index (Phi) is 14.6. The van der Waals surface area contributed by atoms with Crippen LogP contribution >= 0.6 is 34.5 Å². The van der Waals surface area contributed by atoms with Gasteiger partial charge in [-0.1, -0.05) is 282 Å². The Balaban J connectivity index is 0.988. The summed E-state index contributed by atoms with van der Waals surface area (Å²) >= 11 is 15.3. The highest BCUT2D eigenvalue weighted by Crippen LogP contribution is 2.45. The summed E-state index contributed by atoms with van der Waals surface area (Å²) < 4.78 is 6.36. The van der Waals surface area contributed by atoms with Crippen LogP contribution in [0.3, 0.4) is 0 Å². The molecule has 0 bridgehead atoms. The Morgan fingerprint density at radius 1 is 0.597 bits per heavy atom. The summed E-state index contributed by atoms with van der Waals surface area (Å²) in [6.45, 7) is 0. The van der Waals surface area contributed by atoms with E-state index in [4.69, 9.17) is 42.9 Å². The average molecular weight is 1070 g/mol. The van der Waals surface area contributed by atoms with Crippen LogP contribution in [0.2, 0.25) is 4.34 Å². The second-order valence-electron chi connectivity index (χ2n) is 18.6. The normalized spacial score (nSPS) is 15.5. The van der Waals surface area contributed by atoms with Gasteiger partial charge in [0, 0.05) is 21.7 Å². The van der Waals surface area contributed by atoms with Gasteiger partial charge in [-0.05, 0) is 40.7 Å². The third-order valence-electron chi connectivity index (χ3n) is 14.0. The highest BCUT2D eigenvalue weighted by molar-refractivity contribution is 7.20. The Morgan fingerprint density at radius 3 is 1.43 bits per heavy atom. The number of ether oxygens (including phenoxy) is 1. The number of fused-ring (bicyclic) bond motifs is 1. The summed E-state index contributed by atoms with van der Waals surface area (Å²) in [5.74, 6) is -2.11. The van der Waals surface area contributed by atoms with Gasteiger partial charge in [0.2, 0.25) is 5.60 Å². The van der Waals surface area contributed by atoms with Crippen LogP contribution in [0.15, 0.2) is 259 Å². The summed E-state index contributed by atoms with van der Waals surface area (Å²) in [5.41, 5.74) is 3.66. The lowest BCUT2D eigenvalue weighted by Gasteiger charge is -2.49. The molecule has 11 rings (SSSR count). The van der Waals surface area contributed by atoms with Gasteiger partial charge in [0.25, 0.3) is 11.8 Å². The molecule has 1 saturated heterocycles. The second-order valence-corrected chi connectivity index (χ2v) is 20.6. The molecular formula is C64H49Cl2N5O5S. The number of halogens is 2. The van der Waals surface area contributed by atoms with Gasteiger partial charge in [-0.15, -0.1) is 0 Å². The lowest BCUT2D eigenvalue weighted by Crippen LogP contribution is -2.72. The fourth-order valence-corrected chi connectivity index (χ4v) is 11.8. The Hall–Kier alpha value is -8.61. The molecule has 3 heterocycles. The fourth-order valence-electron chi connectivity index (χ4n) is 10.4. The van der Waals surface area contributed by atoms with Gasteiger partial charge >= 0.3 is 5.97 Å². The SMILES string of the molecule is O=C(NC1C(=O)N2C(C(=O)OC(c3ccccc3)c3ccccc3)=C(Cl)CCC12)C(=NOC(c1ccccc1)(c1ccccc1)c1ccccc1)c1nc(NC(c2ccccc2)(c2ccccc2)c2ccccc2)sc1Cl. The molecule has 0 aliphatic carbocycles. The summed E-state index contributed by atoms with van der Waals surface area (Å²) in [4.78, 5) is 57.7. The monoisotopic (exact) mass is 1070 g/mol. The van der Waals surface area contributed by atoms with Crippen molar-refractivity contribution in [2.75, 3.05) is 5.32 Å². The third-order valence-corrected chi connectivity index (χ3v) is 15.6. The molecule has 0 radical (unpaired) electrons. The molecule has 13 heteroatoms. The lowest BCUT2D eigenvalue weighted by atomic mass is 9.77. The number of aromatic nitrogens is 1. The maximum absolute atomic E-state index is 15.4. The van der Waals surface area contributed by atoms with Crippen LogP contribution in [-0.4, -0.2) is 45.5 Å². The number of β-lactam (4-membered cyclic amide) rings is 1. The summed E-state index contributed by atoms with van der Waals surface area (Å²) in [7, 11) is 0. The number of nitrogens with zero attached hydrogens (tertiary/aromatic N) is 3. The summed E-state index contributed by atoms with van der Waals surface area (Å²) in [5, 5.41) is 12.1. The minimum atomic E-state index is -1.41. The summed E-state index contributed by atoms with van der Waals surface area (Å²) in [6.07, 6.45) is -0.185. The molecule has 380 valence electrons. The van der Waals surface area contributed by atoms with Crippen molar-refractivity contribution >= 4 is 63.2 Å². The van der Waals surface area contributed by atoms with Crippen LogP contribution < -0.4 is 10.6 Å². The number of esters is 1. The maximum Gasteiger partial charge on any atom is 0.357 e. The van der Waals surface area contributed by atoms with Crippen molar-refractivity contribution in [3.8, 4) is 0 Å². The van der Waals surface area contributed by atoms with Gasteiger partial charge in [0.1, 0.15) is 27.3 Å². The molecule has 0 saturated carbocycles. The number of nitrogens with one attached hydrogen (secondary N) is 2. The Labute approximate surface area is 460 Å². The standard InChI is InChI=1S/C64H49Cl2N5O5S/c65-51-41-42-52-53(60(73)71(52)56(51)61(74)75-57(43-25-9-1-10-26-43)44-27-11-2-12-28-44)67-59(72)55(70-76-64(48-35-19-6-20-36-48,49-37-21-7-22-38-49)50-39-23-8-24-40-50)54-58(66)77-62(68-54)69-63(45-29-13-3-14-30-45,46-31-15-4-16-32-46)47-33-17-5-18-34-47/h1-40,52-53,57H,41-42H2,(H,67,72)(H,68,69). The molecular weight excluding hydrogens is 1020 g/mol. The first-order valence-electron chi connectivity index (χ1n) is 25.1. The number of oxime groups is 1. The number of anilines is 1. The van der Waals surface area contributed by atoms with Crippen LogP contribution in [0.25, 0.3) is 0 Å². The van der Waals surface area contributed by atoms with Crippen LogP contribution in [0, 0.1) is 0 Å². The van der Waals surface area contributed by atoms with E-state index in [1.807, 2.05) is 206 Å². The van der Waals surface area contributed by atoms with E-state index in [0.717, 1.165) is 55.8 Å². The number of rotatable bonds is 17. The molecule has 2 atom stereocenters. The molecule has 2 aliphatic heterocycles. The first-order valence-corrected chi connectivity index (χ1v) is 26.7. The number of thiazole rings is 1. The van der Waals surface area contributed by atoms with E-state index in [1.54, 1.807) is 0 Å². The lowest BCUT2D eigenvalue weighted by molar-refractivity contribution is -0.158. The maximum atomic E-state index is 15.4. The molecule has 10 nitrogen and oxygen atoms in total. The van der Waals surface area contributed by atoms with Crippen molar-refractivity contribution in [3.63, 3.8) is 0 Å². The van der Waals surface area contributed by atoms with Gasteiger partial charge in [0.05, 0.1) is 6.04 Å². The topological polar surface area (TPSA) is 122 Å².